The number of aromatic nitrogens is 1. The number of amides is 1. The normalized spacial score (nSPS) is 13.4. The van der Waals surface area contributed by atoms with E-state index in [2.05, 4.69) is 21.4 Å². The molecule has 1 N–H and O–H groups in total. The average molecular weight is 257 g/mol. The number of carbonyl (C=O) groups is 1. The minimum absolute atomic E-state index is 0.0900. The fraction of sp³-hybridized carbons (Fsp3) is 0.286. The summed E-state index contributed by atoms with van der Waals surface area (Å²) in [4.78, 5) is 14.0. The van der Waals surface area contributed by atoms with Gasteiger partial charge in [0, 0.05) is 18.3 Å². The van der Waals surface area contributed by atoms with Crippen molar-refractivity contribution in [1.82, 2.24) is 5.16 Å². The second kappa shape index (κ2) is 4.76. The van der Waals surface area contributed by atoms with Crippen LogP contribution in [0.15, 0.2) is 34.9 Å². The van der Waals surface area contributed by atoms with Crippen LogP contribution in [0, 0.1) is 6.92 Å². The summed E-state index contributed by atoms with van der Waals surface area (Å²) in [6, 6.07) is 9.88. The lowest BCUT2D eigenvalue weighted by Gasteiger charge is -2.18. The first-order valence-electron chi connectivity index (χ1n) is 6.28. The van der Waals surface area contributed by atoms with E-state index in [1.54, 1.807) is 6.07 Å². The maximum Gasteiger partial charge on any atom is 0.246 e. The summed E-state index contributed by atoms with van der Waals surface area (Å²) in [7, 11) is 0. The molecule has 0 bridgehead atoms. The minimum Gasteiger partial charge on any atom is -0.362 e. The van der Waals surface area contributed by atoms with Crippen LogP contribution < -0.4 is 10.2 Å². The van der Waals surface area contributed by atoms with Gasteiger partial charge in [0.15, 0.2) is 0 Å². The summed E-state index contributed by atoms with van der Waals surface area (Å²) in [6.07, 6.45) is 0.991. The van der Waals surface area contributed by atoms with Gasteiger partial charge in [-0.3, -0.25) is 10.1 Å². The molecule has 3 rings (SSSR count). The quantitative estimate of drug-likeness (QED) is 0.913. The Bertz CT molecular complexity index is 606. The minimum atomic E-state index is -0.0900. The Morgan fingerprint density at radius 3 is 3.11 bits per heavy atom. The van der Waals surface area contributed by atoms with Gasteiger partial charge in [0.05, 0.1) is 12.2 Å². The van der Waals surface area contributed by atoms with Crippen LogP contribution in [-0.2, 0) is 11.2 Å². The number of carbonyl (C=O) groups excluding carboxylic acids is 1. The fourth-order valence-corrected chi connectivity index (χ4v) is 2.34. The molecule has 1 aromatic carbocycles. The molecule has 0 atom stereocenters. The van der Waals surface area contributed by atoms with Crippen molar-refractivity contribution in [1.29, 1.82) is 0 Å². The van der Waals surface area contributed by atoms with E-state index >= 15 is 0 Å². The Balaban J connectivity index is 1.65. The molecule has 1 aliphatic rings. The van der Waals surface area contributed by atoms with Gasteiger partial charge in [-0.15, -0.1) is 0 Å². The van der Waals surface area contributed by atoms with Gasteiger partial charge in [0.1, 0.15) is 0 Å². The van der Waals surface area contributed by atoms with Crippen molar-refractivity contribution in [2.24, 2.45) is 0 Å². The lowest BCUT2D eigenvalue weighted by Crippen LogP contribution is -2.31. The predicted octanol–water partition coefficient (Wildman–Crippen LogP) is 1.98. The number of nitrogens with one attached hydrogen (secondary N) is 1. The molecule has 1 aromatic heterocycles. The Hall–Kier alpha value is -2.30. The maximum atomic E-state index is 11.9. The lowest BCUT2D eigenvalue weighted by molar-refractivity contribution is -0.115. The third kappa shape index (κ3) is 2.45. The van der Waals surface area contributed by atoms with Crippen LogP contribution in [0.2, 0.25) is 0 Å². The van der Waals surface area contributed by atoms with E-state index in [0.717, 1.165) is 24.3 Å². The van der Waals surface area contributed by atoms with E-state index < -0.39 is 0 Å². The van der Waals surface area contributed by atoms with Gasteiger partial charge in [0.2, 0.25) is 11.8 Å². The van der Waals surface area contributed by atoms with E-state index in [9.17, 15) is 4.79 Å². The zero-order chi connectivity index (χ0) is 13.2. The highest BCUT2D eigenvalue weighted by atomic mass is 16.5. The molecular weight excluding hydrogens is 242 g/mol. The Morgan fingerprint density at radius 1 is 1.47 bits per heavy atom. The third-order valence-electron chi connectivity index (χ3n) is 3.21. The molecule has 1 amide bonds. The molecule has 0 radical (unpaired) electrons. The SMILES string of the molecule is Cc1cc(NC(=O)CN2CCc3ccccc32)on1. The molecule has 1 aliphatic heterocycles. The molecule has 0 unspecified atom stereocenters. The highest BCUT2D eigenvalue weighted by Gasteiger charge is 2.20. The van der Waals surface area contributed by atoms with Crippen molar-refractivity contribution in [2.45, 2.75) is 13.3 Å². The van der Waals surface area contributed by atoms with Gasteiger partial charge >= 0.3 is 0 Å². The van der Waals surface area contributed by atoms with Gasteiger partial charge < -0.3 is 9.42 Å². The van der Waals surface area contributed by atoms with E-state index in [1.807, 2.05) is 25.1 Å². The van der Waals surface area contributed by atoms with E-state index in [4.69, 9.17) is 4.52 Å². The summed E-state index contributed by atoms with van der Waals surface area (Å²) >= 11 is 0. The number of rotatable bonds is 3. The summed E-state index contributed by atoms with van der Waals surface area (Å²) in [5.41, 5.74) is 3.19. The first kappa shape index (κ1) is 11.8. The highest BCUT2D eigenvalue weighted by Crippen LogP contribution is 2.26. The largest absolute Gasteiger partial charge is 0.362 e. The number of para-hydroxylation sites is 1. The van der Waals surface area contributed by atoms with Gasteiger partial charge in [-0.05, 0) is 25.0 Å². The number of hydrogen-bond donors (Lipinski definition) is 1. The Labute approximate surface area is 111 Å². The zero-order valence-corrected chi connectivity index (χ0v) is 10.7. The number of nitrogens with zero attached hydrogens (tertiary/aromatic N) is 2. The maximum absolute atomic E-state index is 11.9. The van der Waals surface area contributed by atoms with Crippen LogP contribution >= 0.6 is 0 Å². The summed E-state index contributed by atoms with van der Waals surface area (Å²) < 4.78 is 4.97. The lowest BCUT2D eigenvalue weighted by atomic mass is 10.2. The van der Waals surface area contributed by atoms with E-state index in [-0.39, 0.29) is 5.91 Å². The molecule has 5 heteroatoms. The van der Waals surface area contributed by atoms with Crippen molar-refractivity contribution < 1.29 is 9.32 Å². The third-order valence-corrected chi connectivity index (χ3v) is 3.21. The topological polar surface area (TPSA) is 58.4 Å². The smallest absolute Gasteiger partial charge is 0.246 e. The van der Waals surface area contributed by atoms with Crippen LogP contribution in [0.4, 0.5) is 11.6 Å². The molecule has 98 valence electrons. The van der Waals surface area contributed by atoms with Gasteiger partial charge in [-0.25, -0.2) is 0 Å². The first-order valence-corrected chi connectivity index (χ1v) is 6.28. The van der Waals surface area contributed by atoms with Crippen LogP contribution in [-0.4, -0.2) is 24.2 Å². The molecule has 0 aliphatic carbocycles. The molecule has 0 fully saturated rings. The highest BCUT2D eigenvalue weighted by molar-refractivity contribution is 5.93. The second-order valence-electron chi connectivity index (χ2n) is 4.68. The number of fused-ring (bicyclic) bond motifs is 1. The van der Waals surface area contributed by atoms with Crippen molar-refractivity contribution in [2.75, 3.05) is 23.3 Å². The van der Waals surface area contributed by atoms with Crippen molar-refractivity contribution >= 4 is 17.5 Å². The van der Waals surface area contributed by atoms with Gasteiger partial charge in [-0.1, -0.05) is 23.4 Å². The van der Waals surface area contributed by atoms with Gasteiger partial charge in [-0.2, -0.15) is 0 Å². The van der Waals surface area contributed by atoms with Crippen LogP contribution in [0.5, 0.6) is 0 Å². The molecule has 0 saturated carbocycles. The molecule has 2 aromatic rings. The molecule has 5 nitrogen and oxygen atoms in total. The Morgan fingerprint density at radius 2 is 2.32 bits per heavy atom. The van der Waals surface area contributed by atoms with Crippen molar-refractivity contribution in [3.63, 3.8) is 0 Å². The second-order valence-corrected chi connectivity index (χ2v) is 4.68. The van der Waals surface area contributed by atoms with E-state index in [0.29, 0.717) is 12.4 Å². The van der Waals surface area contributed by atoms with Crippen LogP contribution in [0.1, 0.15) is 11.3 Å². The number of hydrogen-bond acceptors (Lipinski definition) is 4. The summed E-state index contributed by atoms with van der Waals surface area (Å²) in [5.74, 6) is 0.308. The standard InChI is InChI=1S/C14H15N3O2/c1-10-8-14(19-16-10)15-13(18)9-17-7-6-11-4-2-3-5-12(11)17/h2-5,8H,6-7,9H2,1H3,(H,15,18). The van der Waals surface area contributed by atoms with Gasteiger partial charge in [0.25, 0.3) is 0 Å². The molecule has 2 heterocycles. The summed E-state index contributed by atoms with van der Waals surface area (Å²) in [6.45, 7) is 3.02. The van der Waals surface area contributed by atoms with E-state index in [1.165, 1.54) is 5.56 Å². The number of aryl methyl sites for hydroxylation is 1. The molecular formula is C14H15N3O2. The zero-order valence-electron chi connectivity index (χ0n) is 10.7. The first-order chi connectivity index (χ1) is 9.22. The molecule has 19 heavy (non-hydrogen) atoms. The average Bonchev–Trinajstić information content (AvgIpc) is 2.97. The van der Waals surface area contributed by atoms with Crippen molar-refractivity contribution in [3.8, 4) is 0 Å². The number of benzene rings is 1. The molecule has 0 spiro atoms. The van der Waals surface area contributed by atoms with Crippen LogP contribution in [0.3, 0.4) is 0 Å². The molecule has 0 saturated heterocycles. The van der Waals surface area contributed by atoms with Crippen molar-refractivity contribution in [3.05, 3.63) is 41.6 Å². The summed E-state index contributed by atoms with van der Waals surface area (Å²) in [5, 5.41) is 6.44. The Kier molecular flexibility index (Phi) is 2.95. The monoisotopic (exact) mass is 257 g/mol. The predicted molar refractivity (Wildman–Crippen MR) is 72.2 cm³/mol. The fourth-order valence-electron chi connectivity index (χ4n) is 2.34. The van der Waals surface area contributed by atoms with Crippen LogP contribution in [0.25, 0.3) is 0 Å². The number of anilines is 2.